The van der Waals surface area contributed by atoms with Crippen LogP contribution in [0.4, 0.5) is 0 Å². The minimum atomic E-state index is -0.936. The molecule has 0 amide bonds. The first-order valence-corrected chi connectivity index (χ1v) is 7.60. The Bertz CT molecular complexity index is 417. The van der Waals surface area contributed by atoms with E-state index in [4.69, 9.17) is 0 Å². The molecule has 0 spiro atoms. The van der Waals surface area contributed by atoms with Crippen molar-refractivity contribution < 1.29 is 4.21 Å². The van der Waals surface area contributed by atoms with E-state index in [0.717, 1.165) is 22.6 Å². The third-order valence-electron chi connectivity index (χ3n) is 3.22. The fourth-order valence-corrected chi connectivity index (χ4v) is 3.43. The van der Waals surface area contributed by atoms with Crippen molar-refractivity contribution in [1.29, 1.82) is 0 Å². The van der Waals surface area contributed by atoms with Gasteiger partial charge in [-0.15, -0.1) is 0 Å². The van der Waals surface area contributed by atoms with Gasteiger partial charge in [-0.1, -0.05) is 36.6 Å². The second-order valence-electron chi connectivity index (χ2n) is 4.71. The molecule has 92 valence electrons. The van der Waals surface area contributed by atoms with Gasteiger partial charge in [0.2, 0.25) is 0 Å². The summed E-state index contributed by atoms with van der Waals surface area (Å²) in [4.78, 5) is 2.08. The van der Waals surface area contributed by atoms with Gasteiger partial charge in [-0.05, 0) is 44.7 Å². The molecule has 1 aliphatic carbocycles. The van der Waals surface area contributed by atoms with Crippen LogP contribution in [0.25, 0.3) is 0 Å². The fourth-order valence-electron chi connectivity index (χ4n) is 2.14. The van der Waals surface area contributed by atoms with Crippen molar-refractivity contribution in [3.8, 4) is 0 Å². The van der Waals surface area contributed by atoms with E-state index < -0.39 is 10.8 Å². The Hall–Kier alpha value is -0.890. The molecule has 0 heterocycles. The summed E-state index contributed by atoms with van der Waals surface area (Å²) in [5, 5.41) is 0. The van der Waals surface area contributed by atoms with Crippen molar-refractivity contribution in [1.82, 2.24) is 0 Å². The summed E-state index contributed by atoms with van der Waals surface area (Å²) in [7, 11) is -0.936. The summed E-state index contributed by atoms with van der Waals surface area (Å²) in [5.74, 6) is 0. The van der Waals surface area contributed by atoms with Gasteiger partial charge in [-0.3, -0.25) is 0 Å². The maximum atomic E-state index is 12.4. The van der Waals surface area contributed by atoms with Gasteiger partial charge in [0.1, 0.15) is 0 Å². The minimum absolute atomic E-state index is 0.936. The van der Waals surface area contributed by atoms with Crippen LogP contribution in [-0.4, -0.2) is 4.21 Å². The molecule has 0 fully saturated rings. The largest absolute Gasteiger partial charge is 0.249 e. The molecule has 0 saturated heterocycles. The molecule has 1 nitrogen and oxygen atoms in total. The van der Waals surface area contributed by atoms with E-state index in [0.29, 0.717) is 0 Å². The third-order valence-corrected chi connectivity index (χ3v) is 4.77. The lowest BCUT2D eigenvalue weighted by Gasteiger charge is -2.11. The first-order valence-electron chi connectivity index (χ1n) is 6.45. The average Bonchev–Trinajstić information content (AvgIpc) is 2.29. The van der Waals surface area contributed by atoms with Crippen molar-refractivity contribution in [3.63, 3.8) is 0 Å². The lowest BCUT2D eigenvalue weighted by molar-refractivity contribution is 0.630. The fraction of sp³-hybridized carbons (Fsp3) is 0.467. The Labute approximate surface area is 106 Å². The van der Waals surface area contributed by atoms with E-state index in [1.165, 1.54) is 31.2 Å². The second kappa shape index (κ2) is 6.15. The van der Waals surface area contributed by atoms with Crippen LogP contribution in [0.15, 0.2) is 40.1 Å². The number of benzene rings is 1. The van der Waals surface area contributed by atoms with Gasteiger partial charge in [-0.2, -0.15) is 0 Å². The van der Waals surface area contributed by atoms with E-state index >= 15 is 0 Å². The monoisotopic (exact) mass is 248 g/mol. The molecule has 1 atom stereocenters. The number of hydrogen-bond acceptors (Lipinski definition) is 1. The van der Waals surface area contributed by atoms with Crippen molar-refractivity contribution in [2.24, 2.45) is 0 Å². The summed E-state index contributed by atoms with van der Waals surface area (Å²) in [6.07, 6.45) is 9.32. The van der Waals surface area contributed by atoms with Gasteiger partial charge >= 0.3 is 0 Å². The molecule has 0 N–H and O–H groups in total. The predicted octanol–water partition coefficient (Wildman–Crippen LogP) is 4.34. The molecular formula is C15H20OS. The minimum Gasteiger partial charge on any atom is -0.249 e. The van der Waals surface area contributed by atoms with E-state index in [-0.39, 0.29) is 0 Å². The summed E-state index contributed by atoms with van der Waals surface area (Å²) >= 11 is 0. The van der Waals surface area contributed by atoms with Gasteiger partial charge in [0, 0.05) is 9.80 Å². The second-order valence-corrected chi connectivity index (χ2v) is 6.24. The molecule has 0 radical (unpaired) electrons. The topological polar surface area (TPSA) is 17.1 Å². The molecule has 2 heteroatoms. The maximum Gasteiger partial charge on any atom is 0.0805 e. The molecule has 0 aromatic heterocycles. The van der Waals surface area contributed by atoms with Crippen molar-refractivity contribution in [2.75, 3.05) is 0 Å². The predicted molar refractivity (Wildman–Crippen MR) is 73.4 cm³/mol. The quantitative estimate of drug-likeness (QED) is 0.761. The van der Waals surface area contributed by atoms with Crippen LogP contribution < -0.4 is 0 Å². The molecule has 1 aliphatic rings. The average molecular weight is 248 g/mol. The Morgan fingerprint density at radius 2 is 1.71 bits per heavy atom. The zero-order valence-electron chi connectivity index (χ0n) is 10.4. The highest BCUT2D eigenvalue weighted by atomic mass is 32.2. The Morgan fingerprint density at radius 1 is 1.00 bits per heavy atom. The summed E-state index contributed by atoms with van der Waals surface area (Å²) in [6.45, 7) is 2.06. The molecule has 0 aliphatic heterocycles. The van der Waals surface area contributed by atoms with Crippen molar-refractivity contribution in [2.45, 2.75) is 50.3 Å². The lowest BCUT2D eigenvalue weighted by atomic mass is 10.1. The summed E-state index contributed by atoms with van der Waals surface area (Å²) in [5.41, 5.74) is 1.22. The van der Waals surface area contributed by atoms with Gasteiger partial charge in [0.25, 0.3) is 0 Å². The van der Waals surface area contributed by atoms with E-state index in [9.17, 15) is 4.21 Å². The lowest BCUT2D eigenvalue weighted by Crippen LogP contribution is -1.99. The van der Waals surface area contributed by atoms with Gasteiger partial charge in [0.15, 0.2) is 0 Å². The maximum absolute atomic E-state index is 12.4. The van der Waals surface area contributed by atoms with E-state index in [1.54, 1.807) is 0 Å². The van der Waals surface area contributed by atoms with Gasteiger partial charge in [-0.25, -0.2) is 4.21 Å². The first-order chi connectivity index (χ1) is 8.27. The first kappa shape index (κ1) is 12.6. The van der Waals surface area contributed by atoms with Crippen LogP contribution in [0.3, 0.4) is 0 Å². The van der Waals surface area contributed by atoms with Crippen molar-refractivity contribution in [3.05, 3.63) is 40.8 Å². The molecular weight excluding hydrogens is 228 g/mol. The highest BCUT2D eigenvalue weighted by Crippen LogP contribution is 2.23. The molecule has 1 aromatic rings. The normalized spacial score (nSPS) is 22.1. The number of aryl methyl sites for hydroxylation is 1. The highest BCUT2D eigenvalue weighted by molar-refractivity contribution is 7.89. The SMILES string of the molecule is Cc1ccc(S(=O)/C2=C/CCCCCC2)cc1. The van der Waals surface area contributed by atoms with Gasteiger partial charge in [0.05, 0.1) is 10.8 Å². The molecule has 1 aromatic carbocycles. The molecule has 0 saturated carbocycles. The molecule has 0 bridgehead atoms. The Balaban J connectivity index is 2.15. The third kappa shape index (κ3) is 3.53. The number of rotatable bonds is 2. The Kier molecular flexibility index (Phi) is 4.55. The van der Waals surface area contributed by atoms with Gasteiger partial charge < -0.3 is 0 Å². The zero-order valence-corrected chi connectivity index (χ0v) is 11.3. The number of hydrogen-bond donors (Lipinski definition) is 0. The molecule has 1 unspecified atom stereocenters. The van der Waals surface area contributed by atoms with Crippen LogP contribution in [-0.2, 0) is 10.8 Å². The number of allylic oxidation sites excluding steroid dienone is 2. The van der Waals surface area contributed by atoms with Crippen molar-refractivity contribution >= 4 is 10.8 Å². The molecule has 17 heavy (non-hydrogen) atoms. The van der Waals surface area contributed by atoms with E-state index in [1.807, 2.05) is 24.3 Å². The van der Waals surface area contributed by atoms with Crippen LogP contribution in [0.1, 0.15) is 44.1 Å². The van der Waals surface area contributed by atoms with Crippen LogP contribution in [0.2, 0.25) is 0 Å². The summed E-state index contributed by atoms with van der Waals surface area (Å²) < 4.78 is 12.4. The van der Waals surface area contributed by atoms with Crippen LogP contribution >= 0.6 is 0 Å². The van der Waals surface area contributed by atoms with Crippen LogP contribution in [0.5, 0.6) is 0 Å². The Morgan fingerprint density at radius 3 is 2.47 bits per heavy atom. The smallest absolute Gasteiger partial charge is 0.0805 e. The van der Waals surface area contributed by atoms with E-state index in [2.05, 4.69) is 13.0 Å². The standard InChI is InChI=1S/C15H20OS/c1-13-9-11-15(12-10-13)17(16)14-7-5-3-2-4-6-8-14/h7,9-12H,2-6,8H2,1H3/b14-7+. The highest BCUT2D eigenvalue weighted by Gasteiger charge is 2.11. The zero-order chi connectivity index (χ0) is 12.1. The molecule has 2 rings (SSSR count). The van der Waals surface area contributed by atoms with Crippen LogP contribution in [0, 0.1) is 6.92 Å². The summed E-state index contributed by atoms with van der Waals surface area (Å²) in [6, 6.07) is 8.06.